The van der Waals surface area contributed by atoms with Gasteiger partial charge in [-0.3, -0.25) is 4.79 Å². The van der Waals surface area contributed by atoms with Crippen molar-refractivity contribution in [2.45, 2.75) is 51.0 Å². The van der Waals surface area contributed by atoms with Crippen LogP contribution in [0.4, 0.5) is 0 Å². The highest BCUT2D eigenvalue weighted by Crippen LogP contribution is 2.27. The number of ketones is 1. The maximum atomic E-state index is 12.4. The Bertz CT molecular complexity index is 389. The number of hydrogen-bond donors (Lipinski definition) is 0. The molecule has 0 N–H and O–H groups in total. The minimum atomic E-state index is -0.389. The molecular weight excluding hydrogens is 224 g/mol. The van der Waals surface area contributed by atoms with Crippen molar-refractivity contribution in [1.82, 2.24) is 0 Å². The number of Topliss-reactive ketones (excluding diaryl/α,β-unsaturated/α-hetero) is 1. The zero-order chi connectivity index (χ0) is 13.0. The second-order valence-electron chi connectivity index (χ2n) is 5.59. The lowest BCUT2D eigenvalue weighted by atomic mass is 9.79. The molecule has 1 aromatic carbocycles. The number of benzene rings is 1. The van der Waals surface area contributed by atoms with E-state index < -0.39 is 0 Å². The van der Waals surface area contributed by atoms with Crippen molar-refractivity contribution in [3.8, 4) is 0 Å². The number of ether oxygens (including phenoxy) is 1. The third-order valence-electron chi connectivity index (χ3n) is 3.91. The predicted octanol–water partition coefficient (Wildman–Crippen LogP) is 3.49. The van der Waals surface area contributed by atoms with E-state index in [1.165, 1.54) is 0 Å². The van der Waals surface area contributed by atoms with Gasteiger partial charge in [0.05, 0.1) is 6.10 Å². The second-order valence-corrected chi connectivity index (χ2v) is 5.59. The highest BCUT2D eigenvalue weighted by atomic mass is 16.5. The molecule has 0 spiro atoms. The van der Waals surface area contributed by atoms with Gasteiger partial charge in [0.15, 0.2) is 0 Å². The quantitative estimate of drug-likeness (QED) is 0.795. The van der Waals surface area contributed by atoms with E-state index in [-0.39, 0.29) is 5.41 Å². The molecular formula is C16H22O2. The summed E-state index contributed by atoms with van der Waals surface area (Å²) >= 11 is 0. The summed E-state index contributed by atoms with van der Waals surface area (Å²) in [7, 11) is 0. The predicted molar refractivity (Wildman–Crippen MR) is 72.7 cm³/mol. The van der Waals surface area contributed by atoms with Crippen LogP contribution in [0.5, 0.6) is 0 Å². The fourth-order valence-electron chi connectivity index (χ4n) is 2.49. The van der Waals surface area contributed by atoms with Crippen molar-refractivity contribution < 1.29 is 9.53 Å². The first kappa shape index (κ1) is 13.3. The Labute approximate surface area is 109 Å². The van der Waals surface area contributed by atoms with Crippen LogP contribution < -0.4 is 0 Å². The molecule has 1 aliphatic rings. The molecule has 1 aromatic rings. The van der Waals surface area contributed by atoms with Gasteiger partial charge in [0, 0.05) is 18.4 Å². The standard InChI is InChI=1S/C16H22O2/c1-16(2,13-7-4-3-5-8-13)15(17)11-10-14-9-6-12-18-14/h3-5,7-8,14H,6,9-12H2,1-2H3. The van der Waals surface area contributed by atoms with Gasteiger partial charge in [-0.1, -0.05) is 30.3 Å². The third-order valence-corrected chi connectivity index (χ3v) is 3.91. The van der Waals surface area contributed by atoms with Crippen molar-refractivity contribution in [1.29, 1.82) is 0 Å². The zero-order valence-electron chi connectivity index (χ0n) is 11.3. The normalized spacial score (nSPS) is 20.0. The van der Waals surface area contributed by atoms with Gasteiger partial charge in [0.2, 0.25) is 0 Å². The Morgan fingerprint density at radius 2 is 2.06 bits per heavy atom. The molecule has 0 radical (unpaired) electrons. The van der Waals surface area contributed by atoms with Crippen LogP contribution in [0.1, 0.15) is 45.1 Å². The van der Waals surface area contributed by atoms with E-state index in [0.29, 0.717) is 18.3 Å². The van der Waals surface area contributed by atoms with Gasteiger partial charge in [-0.25, -0.2) is 0 Å². The number of hydrogen-bond acceptors (Lipinski definition) is 2. The molecule has 0 aromatic heterocycles. The van der Waals surface area contributed by atoms with E-state index in [4.69, 9.17) is 4.74 Å². The summed E-state index contributed by atoms with van der Waals surface area (Å²) < 4.78 is 5.57. The zero-order valence-corrected chi connectivity index (χ0v) is 11.3. The number of carbonyl (C=O) groups excluding carboxylic acids is 1. The average molecular weight is 246 g/mol. The summed E-state index contributed by atoms with van der Waals surface area (Å²) in [5.41, 5.74) is 0.710. The van der Waals surface area contributed by atoms with Crippen molar-refractivity contribution >= 4 is 5.78 Å². The van der Waals surface area contributed by atoms with Crippen LogP contribution in [0.25, 0.3) is 0 Å². The minimum Gasteiger partial charge on any atom is -0.378 e. The highest BCUT2D eigenvalue weighted by molar-refractivity contribution is 5.89. The molecule has 0 amide bonds. The second kappa shape index (κ2) is 5.66. The van der Waals surface area contributed by atoms with Crippen LogP contribution in [0, 0.1) is 0 Å². The summed E-state index contributed by atoms with van der Waals surface area (Å²) in [6.45, 7) is 4.89. The van der Waals surface area contributed by atoms with E-state index in [9.17, 15) is 4.79 Å². The van der Waals surface area contributed by atoms with E-state index in [1.807, 2.05) is 44.2 Å². The van der Waals surface area contributed by atoms with Crippen molar-refractivity contribution in [3.63, 3.8) is 0 Å². The molecule has 18 heavy (non-hydrogen) atoms. The smallest absolute Gasteiger partial charge is 0.142 e. The highest BCUT2D eigenvalue weighted by Gasteiger charge is 2.29. The SMILES string of the molecule is CC(C)(C(=O)CCC1CCCO1)c1ccccc1. The van der Waals surface area contributed by atoms with Gasteiger partial charge < -0.3 is 4.74 Å². The van der Waals surface area contributed by atoms with E-state index >= 15 is 0 Å². The molecule has 2 heteroatoms. The number of carbonyl (C=O) groups is 1. The van der Waals surface area contributed by atoms with Gasteiger partial charge in [-0.15, -0.1) is 0 Å². The Balaban J connectivity index is 1.94. The van der Waals surface area contributed by atoms with Crippen LogP contribution in [0.2, 0.25) is 0 Å². The minimum absolute atomic E-state index is 0.306. The Morgan fingerprint density at radius 1 is 1.33 bits per heavy atom. The lowest BCUT2D eigenvalue weighted by Gasteiger charge is -2.24. The van der Waals surface area contributed by atoms with Gasteiger partial charge in [-0.2, -0.15) is 0 Å². The molecule has 1 unspecified atom stereocenters. The van der Waals surface area contributed by atoms with Crippen LogP contribution >= 0.6 is 0 Å². The van der Waals surface area contributed by atoms with Gasteiger partial charge in [-0.05, 0) is 38.7 Å². The monoisotopic (exact) mass is 246 g/mol. The van der Waals surface area contributed by atoms with Crippen molar-refractivity contribution in [2.24, 2.45) is 0 Å². The largest absolute Gasteiger partial charge is 0.378 e. The first-order chi connectivity index (χ1) is 8.60. The molecule has 0 aliphatic carbocycles. The molecule has 2 nitrogen and oxygen atoms in total. The Kier molecular flexibility index (Phi) is 4.18. The van der Waals surface area contributed by atoms with E-state index in [2.05, 4.69) is 0 Å². The summed E-state index contributed by atoms with van der Waals surface area (Å²) in [6.07, 6.45) is 4.04. The van der Waals surface area contributed by atoms with Crippen molar-refractivity contribution in [3.05, 3.63) is 35.9 Å². The molecule has 2 rings (SSSR count). The van der Waals surface area contributed by atoms with Crippen molar-refractivity contribution in [2.75, 3.05) is 6.61 Å². The molecule has 0 bridgehead atoms. The summed E-state index contributed by atoms with van der Waals surface area (Å²) in [5.74, 6) is 0.309. The first-order valence-corrected chi connectivity index (χ1v) is 6.81. The van der Waals surface area contributed by atoms with E-state index in [0.717, 1.165) is 31.4 Å². The Hall–Kier alpha value is -1.15. The number of rotatable bonds is 5. The first-order valence-electron chi connectivity index (χ1n) is 6.81. The summed E-state index contributed by atoms with van der Waals surface area (Å²) in [5, 5.41) is 0. The lowest BCUT2D eigenvalue weighted by molar-refractivity contribution is -0.124. The summed E-state index contributed by atoms with van der Waals surface area (Å²) in [4.78, 5) is 12.4. The van der Waals surface area contributed by atoms with E-state index in [1.54, 1.807) is 0 Å². The van der Waals surface area contributed by atoms with Crippen LogP contribution in [0.3, 0.4) is 0 Å². The molecule has 1 atom stereocenters. The molecule has 98 valence electrons. The van der Waals surface area contributed by atoms with Crippen LogP contribution in [0.15, 0.2) is 30.3 Å². The third kappa shape index (κ3) is 2.99. The molecule has 0 saturated carbocycles. The topological polar surface area (TPSA) is 26.3 Å². The summed E-state index contributed by atoms with van der Waals surface area (Å²) in [6, 6.07) is 10.0. The fraction of sp³-hybridized carbons (Fsp3) is 0.562. The Morgan fingerprint density at radius 3 is 2.67 bits per heavy atom. The maximum absolute atomic E-state index is 12.4. The van der Waals surface area contributed by atoms with Gasteiger partial charge >= 0.3 is 0 Å². The molecule has 1 aliphatic heterocycles. The fourth-order valence-corrected chi connectivity index (χ4v) is 2.49. The maximum Gasteiger partial charge on any atom is 0.142 e. The molecule has 1 saturated heterocycles. The lowest BCUT2D eigenvalue weighted by Crippen LogP contribution is -2.29. The van der Waals surface area contributed by atoms with Gasteiger partial charge in [0.1, 0.15) is 5.78 Å². The average Bonchev–Trinajstić information content (AvgIpc) is 2.90. The molecule has 1 fully saturated rings. The van der Waals surface area contributed by atoms with Gasteiger partial charge in [0.25, 0.3) is 0 Å². The van der Waals surface area contributed by atoms with Crippen LogP contribution in [-0.2, 0) is 14.9 Å². The van der Waals surface area contributed by atoms with Crippen LogP contribution in [-0.4, -0.2) is 18.5 Å². The molecule has 1 heterocycles.